The smallest absolute Gasteiger partial charge is 0.416 e. The zero-order valence-electron chi connectivity index (χ0n) is 20.1. The van der Waals surface area contributed by atoms with Gasteiger partial charge < -0.3 is 20.1 Å². The Morgan fingerprint density at radius 3 is 2.26 bits per heavy atom. The fraction of sp³-hybridized carbons (Fsp3) is 0.652. The van der Waals surface area contributed by atoms with Crippen molar-refractivity contribution in [1.29, 1.82) is 0 Å². The lowest BCUT2D eigenvalue weighted by Gasteiger charge is -2.35. The highest BCUT2D eigenvalue weighted by atomic mass is 32.2. The van der Waals surface area contributed by atoms with Gasteiger partial charge in [0.05, 0.1) is 10.5 Å². The number of halogens is 3. The molecule has 1 aliphatic heterocycles. The van der Waals surface area contributed by atoms with Crippen LogP contribution in [0.15, 0.2) is 29.2 Å². The molecule has 2 amide bonds. The number of rotatable bonds is 6. The average Bonchev–Trinajstić information content (AvgIpc) is 3.32. The van der Waals surface area contributed by atoms with E-state index >= 15 is 0 Å². The first kappa shape index (κ1) is 27.3. The predicted molar refractivity (Wildman–Crippen MR) is 119 cm³/mol. The molecule has 0 radical (unpaired) electrons. The van der Waals surface area contributed by atoms with Crippen molar-refractivity contribution in [3.63, 3.8) is 0 Å². The molecule has 1 aromatic rings. The molecule has 3 rings (SSSR count). The summed E-state index contributed by atoms with van der Waals surface area (Å²) in [6.45, 7) is 6.01. The van der Waals surface area contributed by atoms with E-state index < -0.39 is 39.8 Å². The summed E-state index contributed by atoms with van der Waals surface area (Å²) in [5.74, 6) is -0.641. The molecule has 196 valence electrons. The van der Waals surface area contributed by atoms with Gasteiger partial charge in [0.25, 0.3) is 0 Å². The van der Waals surface area contributed by atoms with Gasteiger partial charge in [-0.3, -0.25) is 4.79 Å². The summed E-state index contributed by atoms with van der Waals surface area (Å²) in [5.41, 5.74) is -1.26. The van der Waals surface area contributed by atoms with Crippen molar-refractivity contribution in [2.45, 2.75) is 63.2 Å². The largest absolute Gasteiger partial charge is 0.530 e. The van der Waals surface area contributed by atoms with Gasteiger partial charge in [-0.25, -0.2) is 8.42 Å². The molecule has 8 nitrogen and oxygen atoms in total. The van der Waals surface area contributed by atoms with Crippen LogP contribution in [0.25, 0.3) is 0 Å². The number of alkyl halides is 3. The zero-order valence-corrected chi connectivity index (χ0v) is 20.9. The van der Waals surface area contributed by atoms with E-state index in [1.165, 1.54) is 11.4 Å². The fourth-order valence-electron chi connectivity index (χ4n) is 4.96. The minimum absolute atomic E-state index is 0.00976. The van der Waals surface area contributed by atoms with Crippen molar-refractivity contribution < 1.29 is 36.3 Å². The standard InChI is InChI=1S/C23H32F3N3O5S/c1-22(2,3)11-19(28(4)21(31)32)20(30)27-18-10-5-14-12-29(13-17(14)18)35(33,34)16-8-6-15(7-9-16)23(24,25)26/h6-9,14,17-19H,5,10-13H2,1-4H3,(H,27,30)(H,31,32)/p-1/t14-,17+,18+,19-/m0/s1. The highest BCUT2D eigenvalue weighted by Crippen LogP contribution is 2.40. The molecule has 1 N–H and O–H groups in total. The number of nitrogens with one attached hydrogen (secondary N) is 1. The third-order valence-corrected chi connectivity index (χ3v) is 8.68. The molecular formula is C23H31F3N3O5S-. The summed E-state index contributed by atoms with van der Waals surface area (Å²) in [6.07, 6.45) is -4.44. The van der Waals surface area contributed by atoms with Crippen LogP contribution in [0.4, 0.5) is 18.0 Å². The quantitative estimate of drug-likeness (QED) is 0.622. The van der Waals surface area contributed by atoms with Crippen LogP contribution in [0.1, 0.15) is 45.6 Å². The third kappa shape index (κ3) is 6.08. The molecule has 0 aromatic heterocycles. The first-order valence-corrected chi connectivity index (χ1v) is 12.9. The number of sulfonamides is 1. The van der Waals surface area contributed by atoms with E-state index in [0.717, 1.165) is 29.2 Å². The number of fused-ring (bicyclic) bond motifs is 1. The first-order chi connectivity index (χ1) is 16.0. The molecule has 1 heterocycles. The van der Waals surface area contributed by atoms with Crippen LogP contribution in [0.5, 0.6) is 0 Å². The molecule has 12 heteroatoms. The van der Waals surface area contributed by atoms with Crippen LogP contribution in [0.3, 0.4) is 0 Å². The number of nitrogens with zero attached hydrogens (tertiary/aromatic N) is 2. The molecular weight excluding hydrogens is 487 g/mol. The molecule has 0 unspecified atom stereocenters. The SMILES string of the molecule is CN(C(=O)[O-])[C@@H](CC(C)(C)C)C(=O)N[C@@H]1CC[C@H]2CN(S(=O)(=O)c3ccc(C(F)(F)F)cc3)C[C@H]21. The molecule has 1 aromatic carbocycles. The number of hydrogen-bond acceptors (Lipinski definition) is 5. The number of carbonyl (C=O) groups is 2. The summed E-state index contributed by atoms with van der Waals surface area (Å²) in [7, 11) is -2.71. The highest BCUT2D eigenvalue weighted by Gasteiger charge is 2.47. The minimum atomic E-state index is -4.56. The van der Waals surface area contributed by atoms with Crippen LogP contribution < -0.4 is 10.4 Å². The molecule has 1 saturated carbocycles. The molecule has 1 aliphatic carbocycles. The number of likely N-dealkylation sites (N-methyl/N-ethyl adjacent to an activating group) is 1. The Morgan fingerprint density at radius 2 is 1.74 bits per heavy atom. The van der Waals surface area contributed by atoms with Crippen LogP contribution in [-0.4, -0.2) is 61.8 Å². The molecule has 4 atom stereocenters. The summed E-state index contributed by atoms with van der Waals surface area (Å²) in [5, 5.41) is 14.3. The molecule has 1 saturated heterocycles. The van der Waals surface area contributed by atoms with E-state index in [9.17, 15) is 36.3 Å². The maximum Gasteiger partial charge on any atom is 0.416 e. The molecule has 0 spiro atoms. The lowest BCUT2D eigenvalue weighted by atomic mass is 9.87. The maximum atomic E-state index is 13.1. The van der Waals surface area contributed by atoms with E-state index in [-0.39, 0.29) is 47.7 Å². The van der Waals surface area contributed by atoms with Crippen LogP contribution in [0, 0.1) is 17.3 Å². The van der Waals surface area contributed by atoms with E-state index in [0.29, 0.717) is 12.8 Å². The van der Waals surface area contributed by atoms with Crippen LogP contribution >= 0.6 is 0 Å². The van der Waals surface area contributed by atoms with Gasteiger partial charge >= 0.3 is 6.18 Å². The van der Waals surface area contributed by atoms with E-state index in [4.69, 9.17) is 0 Å². The molecule has 0 bridgehead atoms. The Kier molecular flexibility index (Phi) is 7.48. The Morgan fingerprint density at radius 1 is 1.14 bits per heavy atom. The lowest BCUT2D eigenvalue weighted by Crippen LogP contribution is -2.55. The summed E-state index contributed by atoms with van der Waals surface area (Å²) >= 11 is 0. The topological polar surface area (TPSA) is 110 Å². The van der Waals surface area contributed by atoms with Crippen molar-refractivity contribution in [2.24, 2.45) is 17.3 Å². The van der Waals surface area contributed by atoms with Crippen molar-refractivity contribution >= 4 is 22.0 Å². The lowest BCUT2D eigenvalue weighted by molar-refractivity contribution is -0.266. The summed E-state index contributed by atoms with van der Waals surface area (Å²) in [4.78, 5) is 25.1. The first-order valence-electron chi connectivity index (χ1n) is 11.4. The van der Waals surface area contributed by atoms with Gasteiger partial charge in [0, 0.05) is 26.2 Å². The van der Waals surface area contributed by atoms with Gasteiger partial charge in [-0.2, -0.15) is 17.5 Å². The highest BCUT2D eigenvalue weighted by molar-refractivity contribution is 7.89. The molecule has 2 fully saturated rings. The maximum absolute atomic E-state index is 13.1. The van der Waals surface area contributed by atoms with Crippen molar-refractivity contribution in [2.75, 3.05) is 20.1 Å². The van der Waals surface area contributed by atoms with Crippen molar-refractivity contribution in [3.05, 3.63) is 29.8 Å². The van der Waals surface area contributed by atoms with Gasteiger partial charge in [0.15, 0.2) is 0 Å². The van der Waals surface area contributed by atoms with Gasteiger partial charge in [0.1, 0.15) is 12.1 Å². The Bertz CT molecular complexity index is 1050. The van der Waals surface area contributed by atoms with Crippen molar-refractivity contribution in [3.8, 4) is 0 Å². The van der Waals surface area contributed by atoms with Gasteiger partial charge in [0.2, 0.25) is 15.9 Å². The summed E-state index contributed by atoms with van der Waals surface area (Å²) in [6, 6.07) is 2.12. The number of hydrogen-bond donors (Lipinski definition) is 1. The molecule has 2 aliphatic rings. The number of carboxylic acid groups (broad SMARTS) is 1. The Hall–Kier alpha value is -2.34. The molecule has 35 heavy (non-hydrogen) atoms. The van der Waals surface area contributed by atoms with Gasteiger partial charge in [-0.1, -0.05) is 20.8 Å². The number of amides is 2. The van der Waals surface area contributed by atoms with Gasteiger partial charge in [-0.05, 0) is 60.8 Å². The monoisotopic (exact) mass is 518 g/mol. The van der Waals surface area contributed by atoms with Crippen molar-refractivity contribution in [1.82, 2.24) is 14.5 Å². The second-order valence-electron chi connectivity index (χ2n) is 10.6. The predicted octanol–water partition coefficient (Wildman–Crippen LogP) is 2.30. The third-order valence-electron chi connectivity index (χ3n) is 6.83. The fourth-order valence-corrected chi connectivity index (χ4v) is 6.49. The normalized spacial score (nSPS) is 24.1. The average molecular weight is 519 g/mol. The second kappa shape index (κ2) is 9.61. The second-order valence-corrected chi connectivity index (χ2v) is 12.6. The van der Waals surface area contributed by atoms with E-state index in [1.54, 1.807) is 0 Å². The number of benzene rings is 1. The Labute approximate surface area is 203 Å². The number of carbonyl (C=O) groups excluding carboxylic acids is 2. The van der Waals surface area contributed by atoms with Crippen LogP contribution in [0.2, 0.25) is 0 Å². The summed E-state index contributed by atoms with van der Waals surface area (Å²) < 4.78 is 65.9. The van der Waals surface area contributed by atoms with Gasteiger partial charge in [-0.15, -0.1) is 0 Å². The Balaban J connectivity index is 1.72. The zero-order chi connectivity index (χ0) is 26.3. The minimum Gasteiger partial charge on any atom is -0.530 e. The van der Waals surface area contributed by atoms with Crippen LogP contribution in [-0.2, 0) is 21.0 Å². The van der Waals surface area contributed by atoms with E-state index in [2.05, 4.69) is 5.32 Å². The van der Waals surface area contributed by atoms with E-state index in [1.807, 2.05) is 20.8 Å².